The van der Waals surface area contributed by atoms with Gasteiger partial charge in [0, 0.05) is 6.54 Å². The summed E-state index contributed by atoms with van der Waals surface area (Å²) in [4.78, 5) is 22.7. The number of rotatable bonds is 5. The highest BCUT2D eigenvalue weighted by Gasteiger charge is 2.32. The third kappa shape index (κ3) is 4.55. The maximum atomic E-state index is 11.6. The fraction of sp³-hybridized carbons (Fsp3) is 0.846. The molecule has 0 spiro atoms. The van der Waals surface area contributed by atoms with Crippen molar-refractivity contribution in [1.82, 2.24) is 10.6 Å². The summed E-state index contributed by atoms with van der Waals surface area (Å²) >= 11 is 0. The van der Waals surface area contributed by atoms with Gasteiger partial charge in [0.15, 0.2) is 0 Å². The van der Waals surface area contributed by atoms with E-state index in [0.717, 1.165) is 12.3 Å². The topological polar surface area (TPSA) is 78.4 Å². The van der Waals surface area contributed by atoms with E-state index in [2.05, 4.69) is 10.6 Å². The molecule has 1 aliphatic rings. The Kier molecular flexibility index (Phi) is 4.99. The highest BCUT2D eigenvalue weighted by Crippen LogP contribution is 2.28. The van der Waals surface area contributed by atoms with Crippen LogP contribution >= 0.6 is 0 Å². The second-order valence-corrected chi connectivity index (χ2v) is 6.12. The van der Waals surface area contributed by atoms with Gasteiger partial charge in [-0.15, -0.1) is 0 Å². The molecule has 0 radical (unpaired) electrons. The SMILES string of the molecule is CC(C)(C)[C@H](NC(=O)NCCC1CCC1)C(=O)O. The minimum Gasteiger partial charge on any atom is -0.480 e. The number of carbonyl (C=O) groups is 2. The summed E-state index contributed by atoms with van der Waals surface area (Å²) in [5, 5.41) is 14.3. The van der Waals surface area contributed by atoms with Gasteiger partial charge in [-0.25, -0.2) is 9.59 Å². The van der Waals surface area contributed by atoms with Crippen LogP contribution in [0.2, 0.25) is 0 Å². The van der Waals surface area contributed by atoms with Gasteiger partial charge >= 0.3 is 12.0 Å². The van der Waals surface area contributed by atoms with Crippen LogP contribution in [-0.2, 0) is 4.79 Å². The molecule has 1 aliphatic carbocycles. The molecule has 0 aliphatic heterocycles. The van der Waals surface area contributed by atoms with Crippen LogP contribution in [0.3, 0.4) is 0 Å². The average molecular weight is 256 g/mol. The molecule has 1 saturated carbocycles. The second-order valence-electron chi connectivity index (χ2n) is 6.12. The molecular formula is C13H24N2O3. The minimum absolute atomic E-state index is 0.392. The monoisotopic (exact) mass is 256 g/mol. The number of carboxylic acids is 1. The summed E-state index contributed by atoms with van der Waals surface area (Å²) in [6, 6.07) is -1.27. The van der Waals surface area contributed by atoms with Gasteiger partial charge in [0.05, 0.1) is 0 Å². The number of hydrogen-bond acceptors (Lipinski definition) is 2. The number of nitrogens with one attached hydrogen (secondary N) is 2. The number of carboxylic acid groups (broad SMARTS) is 1. The molecule has 1 fully saturated rings. The van der Waals surface area contributed by atoms with E-state index in [0.29, 0.717) is 6.54 Å². The van der Waals surface area contributed by atoms with E-state index >= 15 is 0 Å². The summed E-state index contributed by atoms with van der Waals surface area (Å²) in [6.45, 7) is 5.99. The zero-order valence-electron chi connectivity index (χ0n) is 11.5. The molecule has 0 saturated heterocycles. The molecule has 1 rings (SSSR count). The minimum atomic E-state index is -1.00. The molecule has 104 valence electrons. The Labute approximate surface area is 108 Å². The van der Waals surface area contributed by atoms with Crippen LogP contribution < -0.4 is 10.6 Å². The van der Waals surface area contributed by atoms with Crippen molar-refractivity contribution in [2.24, 2.45) is 11.3 Å². The Morgan fingerprint density at radius 1 is 1.33 bits per heavy atom. The molecule has 0 heterocycles. The predicted octanol–water partition coefficient (Wildman–Crippen LogP) is 1.98. The summed E-state index contributed by atoms with van der Waals surface area (Å²) in [7, 11) is 0. The van der Waals surface area contributed by atoms with E-state index in [1.165, 1.54) is 19.3 Å². The fourth-order valence-corrected chi connectivity index (χ4v) is 2.00. The van der Waals surface area contributed by atoms with Crippen molar-refractivity contribution >= 4 is 12.0 Å². The Balaban J connectivity index is 2.29. The molecule has 0 aromatic rings. The van der Waals surface area contributed by atoms with Crippen LogP contribution in [0.4, 0.5) is 4.79 Å². The van der Waals surface area contributed by atoms with Crippen molar-refractivity contribution in [1.29, 1.82) is 0 Å². The molecule has 0 bridgehead atoms. The molecule has 1 atom stereocenters. The normalized spacial score (nSPS) is 17.7. The van der Waals surface area contributed by atoms with E-state index < -0.39 is 23.5 Å². The summed E-state index contributed by atoms with van der Waals surface area (Å²) in [5.41, 5.74) is -0.503. The van der Waals surface area contributed by atoms with E-state index in [4.69, 9.17) is 5.11 Å². The van der Waals surface area contributed by atoms with Crippen LogP contribution in [0, 0.1) is 11.3 Å². The highest BCUT2D eigenvalue weighted by molar-refractivity contribution is 5.83. The van der Waals surface area contributed by atoms with E-state index in [-0.39, 0.29) is 0 Å². The summed E-state index contributed by atoms with van der Waals surface area (Å²) in [5.74, 6) is -0.264. The first-order valence-electron chi connectivity index (χ1n) is 6.58. The summed E-state index contributed by atoms with van der Waals surface area (Å²) in [6.07, 6.45) is 4.79. The average Bonchev–Trinajstić information content (AvgIpc) is 2.16. The van der Waals surface area contributed by atoms with Crippen LogP contribution in [0.5, 0.6) is 0 Å². The van der Waals surface area contributed by atoms with Crippen molar-refractivity contribution < 1.29 is 14.7 Å². The first-order valence-corrected chi connectivity index (χ1v) is 6.58. The van der Waals surface area contributed by atoms with Crippen molar-refractivity contribution in [3.8, 4) is 0 Å². The molecule has 3 N–H and O–H groups in total. The number of urea groups is 1. The Hall–Kier alpha value is -1.26. The van der Waals surface area contributed by atoms with Gasteiger partial charge in [-0.3, -0.25) is 0 Å². The van der Waals surface area contributed by atoms with Gasteiger partial charge in [-0.1, -0.05) is 40.0 Å². The fourth-order valence-electron chi connectivity index (χ4n) is 2.00. The number of hydrogen-bond donors (Lipinski definition) is 3. The zero-order chi connectivity index (χ0) is 13.8. The van der Waals surface area contributed by atoms with Crippen molar-refractivity contribution in [2.45, 2.75) is 52.5 Å². The third-order valence-corrected chi connectivity index (χ3v) is 3.45. The Bertz CT molecular complexity index is 306. The lowest BCUT2D eigenvalue weighted by atomic mass is 9.83. The van der Waals surface area contributed by atoms with E-state index in [1.54, 1.807) is 20.8 Å². The van der Waals surface area contributed by atoms with E-state index in [9.17, 15) is 9.59 Å². The van der Waals surface area contributed by atoms with E-state index in [1.807, 2.05) is 0 Å². The van der Waals surface area contributed by atoms with Gasteiger partial charge in [-0.2, -0.15) is 0 Å². The molecule has 0 aromatic heterocycles. The maximum Gasteiger partial charge on any atom is 0.326 e. The lowest BCUT2D eigenvalue weighted by Gasteiger charge is -2.28. The molecular weight excluding hydrogens is 232 g/mol. The summed E-state index contributed by atoms with van der Waals surface area (Å²) < 4.78 is 0. The molecule has 2 amide bonds. The molecule has 18 heavy (non-hydrogen) atoms. The van der Waals surface area contributed by atoms with Crippen LogP contribution in [0.15, 0.2) is 0 Å². The lowest BCUT2D eigenvalue weighted by molar-refractivity contribution is -0.141. The largest absolute Gasteiger partial charge is 0.480 e. The van der Waals surface area contributed by atoms with Gasteiger partial charge < -0.3 is 15.7 Å². The number of amides is 2. The third-order valence-electron chi connectivity index (χ3n) is 3.45. The van der Waals surface area contributed by atoms with Crippen LogP contribution in [0.1, 0.15) is 46.5 Å². The van der Waals surface area contributed by atoms with Gasteiger partial charge in [0.1, 0.15) is 6.04 Å². The number of carbonyl (C=O) groups excluding carboxylic acids is 1. The van der Waals surface area contributed by atoms with Crippen LogP contribution in [0.25, 0.3) is 0 Å². The second kappa shape index (κ2) is 6.07. The standard InChI is InChI=1S/C13H24N2O3/c1-13(2,3)10(11(16)17)15-12(18)14-8-7-9-5-4-6-9/h9-10H,4-8H2,1-3H3,(H,16,17)(H2,14,15,18)/t10-/m1/s1. The Morgan fingerprint density at radius 3 is 2.33 bits per heavy atom. The van der Waals surface area contributed by atoms with Crippen molar-refractivity contribution in [3.63, 3.8) is 0 Å². The molecule has 5 heteroatoms. The van der Waals surface area contributed by atoms with Crippen molar-refractivity contribution in [3.05, 3.63) is 0 Å². The molecule has 0 unspecified atom stereocenters. The van der Waals surface area contributed by atoms with Crippen molar-refractivity contribution in [2.75, 3.05) is 6.54 Å². The number of aliphatic carboxylic acids is 1. The maximum absolute atomic E-state index is 11.6. The highest BCUT2D eigenvalue weighted by atomic mass is 16.4. The molecule has 0 aromatic carbocycles. The zero-order valence-corrected chi connectivity index (χ0v) is 11.5. The van der Waals surface area contributed by atoms with Gasteiger partial charge in [0.2, 0.25) is 0 Å². The van der Waals surface area contributed by atoms with Crippen LogP contribution in [-0.4, -0.2) is 29.7 Å². The first kappa shape index (κ1) is 14.8. The lowest BCUT2D eigenvalue weighted by Crippen LogP contribution is -2.52. The smallest absolute Gasteiger partial charge is 0.326 e. The predicted molar refractivity (Wildman–Crippen MR) is 69.4 cm³/mol. The first-order chi connectivity index (χ1) is 8.30. The van der Waals surface area contributed by atoms with Gasteiger partial charge in [0.25, 0.3) is 0 Å². The Morgan fingerprint density at radius 2 is 1.94 bits per heavy atom. The van der Waals surface area contributed by atoms with Gasteiger partial charge in [-0.05, 0) is 17.8 Å². The quantitative estimate of drug-likeness (QED) is 0.703. The molecule has 5 nitrogen and oxygen atoms in total.